The summed E-state index contributed by atoms with van der Waals surface area (Å²) < 4.78 is 40.7. The number of nitrogens with one attached hydrogen (secondary N) is 2. The first-order valence-corrected chi connectivity index (χ1v) is 8.42. The molecule has 4 N–H and O–H groups in total. The van der Waals surface area contributed by atoms with Gasteiger partial charge in [-0.2, -0.15) is 5.26 Å². The molecule has 0 heterocycles. The highest BCUT2D eigenvalue weighted by Crippen LogP contribution is 2.32. The second-order valence-electron chi connectivity index (χ2n) is 6.53. The zero-order chi connectivity index (χ0) is 20.4. The molecule has 1 saturated carbocycles. The van der Waals surface area contributed by atoms with Crippen molar-refractivity contribution in [1.29, 1.82) is 5.26 Å². The summed E-state index contributed by atoms with van der Waals surface area (Å²) in [6.07, 6.45) is -3.44. The number of anilines is 2. The fraction of sp³-hybridized carbons (Fsp3) is 0.263. The molecule has 1 amide bonds. The van der Waals surface area contributed by atoms with E-state index in [-0.39, 0.29) is 11.5 Å². The number of hydrogen-bond acceptors (Lipinski definition) is 5. The van der Waals surface area contributed by atoms with Crippen LogP contribution in [0, 0.1) is 11.3 Å². The molecular weight excluding hydrogens is 373 g/mol. The van der Waals surface area contributed by atoms with Crippen LogP contribution in [0.15, 0.2) is 42.5 Å². The number of nitrogens with zero attached hydrogens (tertiary/aromatic N) is 1. The summed E-state index contributed by atoms with van der Waals surface area (Å²) in [6, 6.07) is 12.4. The second kappa shape index (κ2) is 7.40. The van der Waals surface area contributed by atoms with E-state index >= 15 is 0 Å². The van der Waals surface area contributed by atoms with Crippen molar-refractivity contribution in [3.63, 3.8) is 0 Å². The van der Waals surface area contributed by atoms with Crippen LogP contribution in [-0.4, -0.2) is 17.8 Å². The number of ether oxygens (including phenoxy) is 1. The zero-order valence-electron chi connectivity index (χ0n) is 14.6. The molecule has 0 radical (unpaired) electrons. The molecule has 28 heavy (non-hydrogen) atoms. The first-order valence-electron chi connectivity index (χ1n) is 8.42. The number of carbonyl (C=O) groups excluding carboxylic acids is 1. The molecule has 3 rings (SSSR count). The van der Waals surface area contributed by atoms with Gasteiger partial charge in [-0.1, -0.05) is 12.1 Å². The van der Waals surface area contributed by atoms with E-state index in [9.17, 15) is 23.2 Å². The molecule has 146 valence electrons. The lowest BCUT2D eigenvalue weighted by atomic mass is 10.1. The third-order valence-corrected chi connectivity index (χ3v) is 4.27. The summed E-state index contributed by atoms with van der Waals surface area (Å²) in [5.74, 6) is -0.636. The number of amides is 1. The summed E-state index contributed by atoms with van der Waals surface area (Å²) >= 11 is 0. The number of halogens is 3. The van der Waals surface area contributed by atoms with Crippen molar-refractivity contribution in [1.82, 2.24) is 5.32 Å². The molecule has 6 nitrogen and oxygen atoms in total. The first-order chi connectivity index (χ1) is 13.2. The van der Waals surface area contributed by atoms with Crippen LogP contribution < -0.4 is 21.1 Å². The highest BCUT2D eigenvalue weighted by molar-refractivity contribution is 5.88. The van der Waals surface area contributed by atoms with Crippen molar-refractivity contribution in [3.05, 3.63) is 53.6 Å². The SMILES string of the molecule is N#Cc1cc(OC(F)(F)F)ccc1Nc1ccc(CNC(=O)C2(N)CC2)cc1. The largest absolute Gasteiger partial charge is 0.573 e. The Balaban J connectivity index is 1.63. The Bertz CT molecular complexity index is 916. The van der Waals surface area contributed by atoms with Crippen molar-refractivity contribution < 1.29 is 22.7 Å². The molecular formula is C19H17F3N4O2. The van der Waals surface area contributed by atoms with E-state index < -0.39 is 17.7 Å². The molecule has 2 aromatic carbocycles. The second-order valence-corrected chi connectivity index (χ2v) is 6.53. The van der Waals surface area contributed by atoms with Gasteiger partial charge in [0, 0.05) is 18.3 Å². The first kappa shape index (κ1) is 19.5. The Kier molecular flexibility index (Phi) is 5.16. The van der Waals surface area contributed by atoms with Crippen LogP contribution in [0.25, 0.3) is 0 Å². The van der Waals surface area contributed by atoms with Crippen molar-refractivity contribution in [3.8, 4) is 11.8 Å². The molecule has 0 saturated heterocycles. The lowest BCUT2D eigenvalue weighted by Crippen LogP contribution is -2.42. The molecule has 2 aromatic rings. The fourth-order valence-corrected chi connectivity index (χ4v) is 2.50. The minimum absolute atomic E-state index is 0.00997. The van der Waals surface area contributed by atoms with Gasteiger partial charge >= 0.3 is 6.36 Å². The highest BCUT2D eigenvalue weighted by Gasteiger charge is 2.45. The van der Waals surface area contributed by atoms with Gasteiger partial charge in [0.25, 0.3) is 0 Å². The molecule has 0 bridgehead atoms. The van der Waals surface area contributed by atoms with Crippen molar-refractivity contribution in [2.24, 2.45) is 5.73 Å². The monoisotopic (exact) mass is 390 g/mol. The minimum atomic E-state index is -4.82. The van der Waals surface area contributed by atoms with E-state index in [4.69, 9.17) is 5.73 Å². The Morgan fingerprint density at radius 2 is 1.89 bits per heavy atom. The van der Waals surface area contributed by atoms with Crippen molar-refractivity contribution in [2.75, 3.05) is 5.32 Å². The van der Waals surface area contributed by atoms with Gasteiger partial charge in [-0.3, -0.25) is 4.79 Å². The number of nitriles is 1. The predicted octanol–water partition coefficient (Wildman–Crippen LogP) is 3.31. The van der Waals surface area contributed by atoms with E-state index in [0.717, 1.165) is 17.7 Å². The van der Waals surface area contributed by atoms with E-state index in [2.05, 4.69) is 15.4 Å². The third-order valence-electron chi connectivity index (χ3n) is 4.27. The maximum atomic E-state index is 12.3. The summed E-state index contributed by atoms with van der Waals surface area (Å²) in [7, 11) is 0. The lowest BCUT2D eigenvalue weighted by molar-refractivity contribution is -0.274. The number of hydrogen-bond donors (Lipinski definition) is 3. The fourth-order valence-electron chi connectivity index (χ4n) is 2.50. The van der Waals surface area contributed by atoms with Crippen LogP contribution >= 0.6 is 0 Å². The van der Waals surface area contributed by atoms with E-state index in [1.165, 1.54) is 6.07 Å². The Morgan fingerprint density at radius 1 is 1.21 bits per heavy atom. The van der Waals surface area contributed by atoms with Crippen LogP contribution in [-0.2, 0) is 11.3 Å². The number of benzene rings is 2. The average molecular weight is 390 g/mol. The van der Waals surface area contributed by atoms with Gasteiger partial charge in [-0.05, 0) is 42.7 Å². The quantitative estimate of drug-likeness (QED) is 0.703. The van der Waals surface area contributed by atoms with E-state index in [0.29, 0.717) is 30.8 Å². The van der Waals surface area contributed by atoms with Gasteiger partial charge in [0.15, 0.2) is 0 Å². The molecule has 1 fully saturated rings. The molecule has 0 spiro atoms. The number of alkyl halides is 3. The van der Waals surface area contributed by atoms with E-state index in [1.807, 2.05) is 6.07 Å². The lowest BCUT2D eigenvalue weighted by Gasteiger charge is -2.13. The molecule has 0 unspecified atom stereocenters. The summed E-state index contributed by atoms with van der Waals surface area (Å²) in [6.45, 7) is 0.338. The van der Waals surface area contributed by atoms with Crippen LogP contribution in [0.4, 0.5) is 24.5 Å². The number of carbonyl (C=O) groups is 1. The standard InChI is InChI=1S/C19H17F3N4O2/c20-19(21,22)28-15-5-6-16(13(9-15)10-23)26-14-3-1-12(2-4-14)11-25-17(27)18(24)7-8-18/h1-6,9,26H,7-8,11,24H2,(H,25,27). The maximum absolute atomic E-state index is 12.3. The molecule has 1 aliphatic rings. The maximum Gasteiger partial charge on any atom is 0.573 e. The summed E-state index contributed by atoms with van der Waals surface area (Å²) in [5, 5.41) is 14.9. The molecule has 0 atom stereocenters. The van der Waals surface area contributed by atoms with Crippen molar-refractivity contribution >= 4 is 17.3 Å². The Morgan fingerprint density at radius 3 is 2.46 bits per heavy atom. The molecule has 9 heteroatoms. The Hall–Kier alpha value is -3.25. The topological polar surface area (TPSA) is 100 Å². The predicted molar refractivity (Wildman–Crippen MR) is 95.6 cm³/mol. The van der Waals surface area contributed by atoms with Crippen LogP contribution in [0.1, 0.15) is 24.0 Å². The van der Waals surface area contributed by atoms with Crippen LogP contribution in [0.2, 0.25) is 0 Å². The van der Waals surface area contributed by atoms with Gasteiger partial charge in [-0.25, -0.2) is 0 Å². The smallest absolute Gasteiger partial charge is 0.406 e. The van der Waals surface area contributed by atoms with Crippen molar-refractivity contribution in [2.45, 2.75) is 31.3 Å². The van der Waals surface area contributed by atoms with Gasteiger partial charge < -0.3 is 21.1 Å². The van der Waals surface area contributed by atoms with Crippen LogP contribution in [0.3, 0.4) is 0 Å². The minimum Gasteiger partial charge on any atom is -0.406 e. The van der Waals surface area contributed by atoms with Crippen LogP contribution in [0.5, 0.6) is 5.75 Å². The van der Waals surface area contributed by atoms with Gasteiger partial charge in [0.1, 0.15) is 11.8 Å². The number of rotatable bonds is 6. The third kappa shape index (κ3) is 4.92. The van der Waals surface area contributed by atoms with Gasteiger partial charge in [-0.15, -0.1) is 13.2 Å². The Labute approximate surface area is 159 Å². The molecule has 1 aliphatic carbocycles. The summed E-state index contributed by atoms with van der Waals surface area (Å²) in [5.41, 5.74) is 6.94. The van der Waals surface area contributed by atoms with E-state index in [1.54, 1.807) is 24.3 Å². The average Bonchev–Trinajstić information content (AvgIpc) is 3.39. The van der Waals surface area contributed by atoms with Gasteiger partial charge in [0.05, 0.1) is 16.8 Å². The summed E-state index contributed by atoms with van der Waals surface area (Å²) in [4.78, 5) is 11.8. The highest BCUT2D eigenvalue weighted by atomic mass is 19.4. The van der Waals surface area contributed by atoms with Gasteiger partial charge in [0.2, 0.25) is 5.91 Å². The normalized spacial score (nSPS) is 14.7. The molecule has 0 aliphatic heterocycles. The number of nitrogens with two attached hydrogens (primary N) is 1. The zero-order valence-corrected chi connectivity index (χ0v) is 14.6. The molecule has 0 aromatic heterocycles.